The molecule has 0 radical (unpaired) electrons. The first-order valence-corrected chi connectivity index (χ1v) is 9.18. The molecule has 2 aromatic heterocycles. The molecule has 1 aromatic carbocycles. The van der Waals surface area contributed by atoms with E-state index >= 15 is 0 Å². The summed E-state index contributed by atoms with van der Waals surface area (Å²) < 4.78 is 28.2. The van der Waals surface area contributed by atoms with E-state index in [1.54, 1.807) is 19.1 Å². The summed E-state index contributed by atoms with van der Waals surface area (Å²) in [5, 5.41) is 0.890. The average molecular weight is 383 g/mol. The van der Waals surface area contributed by atoms with Crippen molar-refractivity contribution in [3.05, 3.63) is 51.3 Å². The summed E-state index contributed by atoms with van der Waals surface area (Å²) in [6.45, 7) is 1.78. The number of hydrogen-bond acceptors (Lipinski definition) is 4. The number of rotatable bonds is 3. The fourth-order valence-electron chi connectivity index (χ4n) is 2.03. The summed E-state index contributed by atoms with van der Waals surface area (Å²) in [6, 6.07) is 10.9. The molecule has 0 aliphatic heterocycles. The number of aromatic nitrogens is 1. The number of fused-ring (bicyclic) bond motifs is 1. The van der Waals surface area contributed by atoms with Gasteiger partial charge in [0.25, 0.3) is 10.0 Å². The van der Waals surface area contributed by atoms with Crippen LogP contribution in [0.15, 0.2) is 51.3 Å². The Kier molecular flexibility index (Phi) is 3.73. The highest BCUT2D eigenvalue weighted by atomic mass is 79.9. The van der Waals surface area contributed by atoms with Gasteiger partial charge >= 0.3 is 0 Å². The van der Waals surface area contributed by atoms with Gasteiger partial charge in [-0.3, -0.25) is 9.71 Å². The van der Waals surface area contributed by atoms with Gasteiger partial charge in [0.05, 0.1) is 21.2 Å². The molecule has 3 rings (SSSR count). The van der Waals surface area contributed by atoms with Crippen molar-refractivity contribution in [3.63, 3.8) is 0 Å². The first-order valence-electron chi connectivity index (χ1n) is 6.09. The lowest BCUT2D eigenvalue weighted by molar-refractivity contribution is 0.601. The molecule has 3 aromatic rings. The molecule has 0 fully saturated rings. The lowest BCUT2D eigenvalue weighted by atomic mass is 10.2. The minimum absolute atomic E-state index is 0.285. The first-order chi connectivity index (χ1) is 9.95. The van der Waals surface area contributed by atoms with Gasteiger partial charge < -0.3 is 0 Å². The van der Waals surface area contributed by atoms with Gasteiger partial charge in [-0.2, -0.15) is 0 Å². The van der Waals surface area contributed by atoms with E-state index in [-0.39, 0.29) is 4.90 Å². The molecular weight excluding hydrogens is 372 g/mol. The van der Waals surface area contributed by atoms with E-state index in [4.69, 9.17) is 0 Å². The van der Waals surface area contributed by atoms with E-state index in [1.165, 1.54) is 17.5 Å². The highest BCUT2D eigenvalue weighted by Crippen LogP contribution is 2.31. The Morgan fingerprint density at radius 1 is 1.24 bits per heavy atom. The van der Waals surface area contributed by atoms with Crippen LogP contribution in [0.4, 0.5) is 5.69 Å². The van der Waals surface area contributed by atoms with E-state index in [1.807, 2.05) is 24.3 Å². The second-order valence-corrected chi connectivity index (χ2v) is 8.78. The Morgan fingerprint density at radius 2 is 2.00 bits per heavy atom. The minimum atomic E-state index is -3.60. The third kappa shape index (κ3) is 2.95. The van der Waals surface area contributed by atoms with Gasteiger partial charge in [-0.25, -0.2) is 8.42 Å². The van der Waals surface area contributed by atoms with Crippen LogP contribution in [0.25, 0.3) is 10.9 Å². The van der Waals surface area contributed by atoms with Gasteiger partial charge in [0.2, 0.25) is 0 Å². The van der Waals surface area contributed by atoms with E-state index in [0.717, 1.165) is 19.6 Å². The maximum absolute atomic E-state index is 12.4. The molecule has 1 N–H and O–H groups in total. The van der Waals surface area contributed by atoms with Crippen LogP contribution in [0.3, 0.4) is 0 Å². The summed E-state index contributed by atoms with van der Waals surface area (Å²) in [4.78, 5) is 5.28. The fraction of sp³-hybridized carbons (Fsp3) is 0.0714. The Morgan fingerprint density at radius 3 is 2.71 bits per heavy atom. The zero-order valence-electron chi connectivity index (χ0n) is 11.0. The zero-order chi connectivity index (χ0) is 15.0. The van der Waals surface area contributed by atoms with E-state index in [2.05, 4.69) is 25.6 Å². The van der Waals surface area contributed by atoms with Gasteiger partial charge in [-0.15, -0.1) is 11.3 Å². The maximum Gasteiger partial charge on any atom is 0.263 e. The molecule has 0 spiro atoms. The monoisotopic (exact) mass is 382 g/mol. The van der Waals surface area contributed by atoms with Gasteiger partial charge in [0.1, 0.15) is 4.90 Å². The highest BCUT2D eigenvalue weighted by molar-refractivity contribution is 9.11. The molecule has 2 heterocycles. The molecule has 0 bridgehead atoms. The number of halogens is 1. The summed E-state index contributed by atoms with van der Waals surface area (Å²) in [5.41, 5.74) is 1.28. The van der Waals surface area contributed by atoms with Crippen molar-refractivity contribution >= 4 is 53.9 Å². The number of pyridine rings is 1. The number of thiophene rings is 1. The Bertz CT molecular complexity index is 920. The number of nitrogens with one attached hydrogen (secondary N) is 1. The number of sulfonamides is 1. The van der Waals surface area contributed by atoms with Crippen molar-refractivity contribution in [1.82, 2.24) is 4.98 Å². The number of hydrogen-bond donors (Lipinski definition) is 1. The van der Waals surface area contributed by atoms with Crippen LogP contribution in [-0.4, -0.2) is 13.4 Å². The number of anilines is 1. The normalized spacial score (nSPS) is 11.7. The summed E-state index contributed by atoms with van der Waals surface area (Å²) in [6.07, 6.45) is 1.52. The average Bonchev–Trinajstić information content (AvgIpc) is 2.78. The van der Waals surface area contributed by atoms with Crippen LogP contribution >= 0.6 is 27.3 Å². The Balaban J connectivity index is 1.99. The number of nitrogens with zero attached hydrogens (tertiary/aromatic N) is 1. The molecule has 0 atom stereocenters. The van der Waals surface area contributed by atoms with Crippen LogP contribution in [-0.2, 0) is 10.0 Å². The van der Waals surface area contributed by atoms with Crippen molar-refractivity contribution in [2.45, 2.75) is 11.8 Å². The molecule has 0 amide bonds. The van der Waals surface area contributed by atoms with Crippen molar-refractivity contribution in [3.8, 4) is 0 Å². The highest BCUT2D eigenvalue weighted by Gasteiger charge is 2.19. The molecule has 0 saturated heterocycles. The molecule has 0 unspecified atom stereocenters. The molecule has 4 nitrogen and oxygen atoms in total. The number of para-hydroxylation sites is 1. The van der Waals surface area contributed by atoms with Crippen molar-refractivity contribution < 1.29 is 8.42 Å². The van der Waals surface area contributed by atoms with Crippen LogP contribution in [0.5, 0.6) is 0 Å². The van der Waals surface area contributed by atoms with Crippen molar-refractivity contribution in [2.75, 3.05) is 4.72 Å². The maximum atomic E-state index is 12.4. The van der Waals surface area contributed by atoms with E-state index in [9.17, 15) is 8.42 Å². The number of benzene rings is 1. The summed E-state index contributed by atoms with van der Waals surface area (Å²) >= 11 is 4.70. The predicted molar refractivity (Wildman–Crippen MR) is 89.3 cm³/mol. The Hall–Kier alpha value is -1.44. The minimum Gasteiger partial charge on any atom is -0.278 e. The first kappa shape index (κ1) is 14.5. The van der Waals surface area contributed by atoms with Crippen LogP contribution < -0.4 is 4.72 Å². The predicted octanol–water partition coefficient (Wildman–Crippen LogP) is 4.17. The Labute approximate surface area is 135 Å². The second kappa shape index (κ2) is 5.40. The van der Waals surface area contributed by atoms with Gasteiger partial charge in [-0.1, -0.05) is 18.2 Å². The standard InChI is InChI=1S/C14H11BrN2O2S2/c1-9-13(7-14(15)20-9)21(18,19)17-11-6-10-4-2-3-5-12(10)16-8-11/h2-8,17H,1H3. The van der Waals surface area contributed by atoms with E-state index in [0.29, 0.717) is 5.69 Å². The third-order valence-corrected chi connectivity index (χ3v) is 6.16. The third-order valence-electron chi connectivity index (χ3n) is 2.97. The molecule has 108 valence electrons. The van der Waals surface area contributed by atoms with Gasteiger partial charge in [0.15, 0.2) is 0 Å². The van der Waals surface area contributed by atoms with E-state index < -0.39 is 10.0 Å². The summed E-state index contributed by atoms with van der Waals surface area (Å²) in [5.74, 6) is 0. The molecule has 0 saturated carbocycles. The molecular formula is C14H11BrN2O2S2. The number of aryl methyl sites for hydroxylation is 1. The van der Waals surface area contributed by atoms with Gasteiger partial charge in [0, 0.05) is 10.3 Å². The molecule has 0 aliphatic rings. The smallest absolute Gasteiger partial charge is 0.263 e. The van der Waals surface area contributed by atoms with Crippen LogP contribution in [0.1, 0.15) is 4.88 Å². The van der Waals surface area contributed by atoms with Crippen molar-refractivity contribution in [1.29, 1.82) is 0 Å². The lowest BCUT2D eigenvalue weighted by Crippen LogP contribution is -2.13. The lowest BCUT2D eigenvalue weighted by Gasteiger charge is -2.08. The largest absolute Gasteiger partial charge is 0.278 e. The van der Waals surface area contributed by atoms with Crippen LogP contribution in [0.2, 0.25) is 0 Å². The quantitative estimate of drug-likeness (QED) is 0.739. The molecule has 7 heteroatoms. The van der Waals surface area contributed by atoms with Gasteiger partial charge in [-0.05, 0) is 41.1 Å². The summed E-state index contributed by atoms with van der Waals surface area (Å²) in [7, 11) is -3.60. The molecule has 0 aliphatic carbocycles. The fourth-order valence-corrected chi connectivity index (χ4v) is 5.48. The van der Waals surface area contributed by atoms with Crippen molar-refractivity contribution in [2.24, 2.45) is 0 Å². The topological polar surface area (TPSA) is 59.1 Å². The SMILES string of the molecule is Cc1sc(Br)cc1S(=O)(=O)Nc1cnc2ccccc2c1. The van der Waals surface area contributed by atoms with Crippen LogP contribution in [0, 0.1) is 6.92 Å². The molecule has 21 heavy (non-hydrogen) atoms. The second-order valence-electron chi connectivity index (χ2n) is 4.49. The zero-order valence-corrected chi connectivity index (χ0v) is 14.2.